The van der Waals surface area contributed by atoms with Crippen LogP contribution in [0, 0.1) is 5.41 Å². The SMILES string of the molecule is C[Si](C)OC(c1ccc(NC(=O)c2ccc(Cl)c(Cl)c2)cn1)C(C)(C)C. The second-order valence-electron chi connectivity index (χ2n) is 7.33. The first-order chi connectivity index (χ1) is 12.1. The molecule has 2 rings (SSSR count). The lowest BCUT2D eigenvalue weighted by Gasteiger charge is -2.32. The number of rotatable bonds is 5. The number of amides is 1. The van der Waals surface area contributed by atoms with Crippen LogP contribution in [0.1, 0.15) is 42.9 Å². The number of nitrogens with zero attached hydrogens (tertiary/aromatic N) is 1. The molecule has 1 aromatic heterocycles. The number of hydrogen-bond acceptors (Lipinski definition) is 3. The molecule has 1 radical (unpaired) electrons. The monoisotopic (exact) mass is 409 g/mol. The molecule has 1 heterocycles. The molecule has 0 spiro atoms. The van der Waals surface area contributed by atoms with E-state index in [2.05, 4.69) is 44.2 Å². The lowest BCUT2D eigenvalue weighted by Crippen LogP contribution is -2.26. The summed E-state index contributed by atoms with van der Waals surface area (Å²) in [7, 11) is -0.868. The first kappa shape index (κ1) is 20.9. The van der Waals surface area contributed by atoms with E-state index in [0.717, 1.165) is 5.69 Å². The van der Waals surface area contributed by atoms with E-state index in [-0.39, 0.29) is 17.4 Å². The first-order valence-electron chi connectivity index (χ1n) is 8.27. The summed E-state index contributed by atoms with van der Waals surface area (Å²) in [6, 6.07) is 8.49. The molecule has 1 amide bonds. The van der Waals surface area contributed by atoms with Crippen molar-refractivity contribution in [2.75, 3.05) is 5.32 Å². The van der Waals surface area contributed by atoms with Crippen LogP contribution in [0.5, 0.6) is 0 Å². The Labute approximate surface area is 166 Å². The summed E-state index contributed by atoms with van der Waals surface area (Å²) in [5.41, 5.74) is 1.83. The topological polar surface area (TPSA) is 51.2 Å². The predicted molar refractivity (Wildman–Crippen MR) is 109 cm³/mol. The van der Waals surface area contributed by atoms with Crippen molar-refractivity contribution >= 4 is 43.8 Å². The molecule has 7 heteroatoms. The van der Waals surface area contributed by atoms with Crippen molar-refractivity contribution in [1.82, 2.24) is 4.98 Å². The lowest BCUT2D eigenvalue weighted by molar-refractivity contribution is 0.0827. The molecule has 1 aromatic carbocycles. The normalized spacial score (nSPS) is 12.9. The Balaban J connectivity index is 2.15. The zero-order chi connectivity index (χ0) is 19.5. The molecule has 0 saturated carbocycles. The van der Waals surface area contributed by atoms with E-state index in [9.17, 15) is 4.79 Å². The number of pyridine rings is 1. The van der Waals surface area contributed by atoms with Gasteiger partial charge in [-0.3, -0.25) is 9.78 Å². The second-order valence-corrected chi connectivity index (χ2v) is 10.2. The highest BCUT2D eigenvalue weighted by atomic mass is 35.5. The highest BCUT2D eigenvalue weighted by molar-refractivity contribution is 6.48. The Morgan fingerprint density at radius 3 is 2.35 bits per heavy atom. The number of halogens is 2. The molecule has 26 heavy (non-hydrogen) atoms. The quantitative estimate of drug-likeness (QED) is 0.616. The molecule has 1 N–H and O–H groups in total. The Hall–Kier alpha value is -1.40. The Morgan fingerprint density at radius 1 is 1.15 bits per heavy atom. The number of benzene rings is 1. The Morgan fingerprint density at radius 2 is 1.85 bits per heavy atom. The molecular formula is C19H23Cl2N2O2Si. The van der Waals surface area contributed by atoms with E-state index in [1.165, 1.54) is 6.07 Å². The van der Waals surface area contributed by atoms with Crippen molar-refractivity contribution < 1.29 is 9.22 Å². The van der Waals surface area contributed by atoms with Gasteiger partial charge in [0.2, 0.25) is 9.04 Å². The van der Waals surface area contributed by atoms with Gasteiger partial charge in [-0.2, -0.15) is 0 Å². The van der Waals surface area contributed by atoms with Crippen molar-refractivity contribution in [3.8, 4) is 0 Å². The van der Waals surface area contributed by atoms with Crippen LogP contribution in [-0.2, 0) is 4.43 Å². The molecule has 0 bridgehead atoms. The molecule has 0 aliphatic heterocycles. The van der Waals surface area contributed by atoms with Crippen molar-refractivity contribution in [2.45, 2.75) is 40.0 Å². The average Bonchev–Trinajstić information content (AvgIpc) is 2.55. The number of nitrogens with one attached hydrogen (secondary N) is 1. The summed E-state index contributed by atoms with van der Waals surface area (Å²) in [5.74, 6) is -0.269. The van der Waals surface area contributed by atoms with E-state index in [0.29, 0.717) is 21.3 Å². The lowest BCUT2D eigenvalue weighted by atomic mass is 9.87. The van der Waals surface area contributed by atoms with Crippen LogP contribution in [0.25, 0.3) is 0 Å². The molecule has 1 atom stereocenters. The summed E-state index contributed by atoms with van der Waals surface area (Å²) in [6.07, 6.45) is 1.55. The zero-order valence-electron chi connectivity index (χ0n) is 15.6. The van der Waals surface area contributed by atoms with Gasteiger partial charge in [0.05, 0.1) is 33.7 Å². The van der Waals surface area contributed by atoms with E-state index < -0.39 is 9.04 Å². The molecule has 4 nitrogen and oxygen atoms in total. The highest BCUT2D eigenvalue weighted by Gasteiger charge is 2.29. The fourth-order valence-corrected chi connectivity index (χ4v) is 3.64. The van der Waals surface area contributed by atoms with Gasteiger partial charge < -0.3 is 9.74 Å². The van der Waals surface area contributed by atoms with Crippen LogP contribution in [-0.4, -0.2) is 19.9 Å². The van der Waals surface area contributed by atoms with Crippen molar-refractivity contribution in [3.63, 3.8) is 0 Å². The minimum absolute atomic E-state index is 0.0697. The number of carbonyl (C=O) groups is 1. The van der Waals surface area contributed by atoms with Gasteiger partial charge in [0.15, 0.2) is 0 Å². The first-order valence-corrected chi connectivity index (χ1v) is 11.4. The van der Waals surface area contributed by atoms with Crippen molar-refractivity contribution in [3.05, 3.63) is 57.8 Å². The predicted octanol–water partition coefficient (Wildman–Crippen LogP) is 6.00. The van der Waals surface area contributed by atoms with E-state index in [1.54, 1.807) is 18.3 Å². The third-order valence-corrected chi connectivity index (χ3v) is 5.08. The van der Waals surface area contributed by atoms with Crippen LogP contribution >= 0.6 is 23.2 Å². The van der Waals surface area contributed by atoms with Gasteiger partial charge in [0.1, 0.15) is 0 Å². The minimum Gasteiger partial charge on any atom is -0.408 e. The van der Waals surface area contributed by atoms with Crippen molar-refractivity contribution in [2.24, 2.45) is 5.41 Å². The molecule has 0 aliphatic carbocycles. The molecule has 0 aliphatic rings. The molecule has 0 fully saturated rings. The zero-order valence-corrected chi connectivity index (χ0v) is 18.1. The fraction of sp³-hybridized carbons (Fsp3) is 0.368. The smallest absolute Gasteiger partial charge is 0.255 e. The van der Waals surface area contributed by atoms with Crippen molar-refractivity contribution in [1.29, 1.82) is 0 Å². The van der Waals surface area contributed by atoms with E-state index in [1.807, 2.05) is 12.1 Å². The standard InChI is InChI=1S/C19H23Cl2N2O2Si/c1-19(2,3)17(25-26(4)5)16-9-7-13(11-22-16)23-18(24)12-6-8-14(20)15(21)10-12/h6-11,17H,1-5H3,(H,23,24). The maximum Gasteiger partial charge on any atom is 0.255 e. The van der Waals surface area contributed by atoms with Crippen LogP contribution in [0.15, 0.2) is 36.5 Å². The van der Waals surface area contributed by atoms with Gasteiger partial charge in [0.25, 0.3) is 5.91 Å². The average molecular weight is 410 g/mol. The van der Waals surface area contributed by atoms with E-state index >= 15 is 0 Å². The number of aromatic nitrogens is 1. The summed E-state index contributed by atoms with van der Waals surface area (Å²) >= 11 is 11.8. The van der Waals surface area contributed by atoms with Gasteiger partial charge in [-0.25, -0.2) is 0 Å². The number of anilines is 1. The molecule has 0 saturated heterocycles. The summed E-state index contributed by atoms with van der Waals surface area (Å²) in [4.78, 5) is 16.8. The third kappa shape index (κ3) is 5.55. The molecule has 139 valence electrons. The van der Waals surface area contributed by atoms with Gasteiger partial charge in [0, 0.05) is 5.56 Å². The van der Waals surface area contributed by atoms with Crippen LogP contribution in [0.2, 0.25) is 23.1 Å². The van der Waals surface area contributed by atoms with Gasteiger partial charge in [-0.05, 0) is 48.8 Å². The Kier molecular flexibility index (Phi) is 6.85. The van der Waals surface area contributed by atoms with Gasteiger partial charge in [-0.1, -0.05) is 44.0 Å². The van der Waals surface area contributed by atoms with E-state index in [4.69, 9.17) is 27.6 Å². The molecular weight excluding hydrogens is 387 g/mol. The van der Waals surface area contributed by atoms with Crippen LogP contribution < -0.4 is 5.32 Å². The maximum atomic E-state index is 12.3. The van der Waals surface area contributed by atoms with Crippen LogP contribution in [0.3, 0.4) is 0 Å². The second kappa shape index (κ2) is 8.52. The number of carbonyl (C=O) groups excluding carboxylic acids is 1. The molecule has 2 aromatic rings. The highest BCUT2D eigenvalue weighted by Crippen LogP contribution is 2.35. The molecule has 1 unspecified atom stereocenters. The fourth-order valence-electron chi connectivity index (χ4n) is 2.39. The maximum absolute atomic E-state index is 12.3. The Bertz CT molecular complexity index is 774. The van der Waals surface area contributed by atoms with Gasteiger partial charge >= 0.3 is 0 Å². The number of hydrogen-bond donors (Lipinski definition) is 1. The van der Waals surface area contributed by atoms with Gasteiger partial charge in [-0.15, -0.1) is 0 Å². The summed E-state index contributed by atoms with van der Waals surface area (Å²) in [5, 5.41) is 3.57. The third-order valence-electron chi connectivity index (χ3n) is 3.63. The summed E-state index contributed by atoms with van der Waals surface area (Å²) in [6.45, 7) is 10.6. The summed E-state index contributed by atoms with van der Waals surface area (Å²) < 4.78 is 6.14. The largest absolute Gasteiger partial charge is 0.408 e. The minimum atomic E-state index is -0.868. The van der Waals surface area contributed by atoms with Crippen LogP contribution in [0.4, 0.5) is 5.69 Å².